The van der Waals surface area contributed by atoms with Crippen LogP contribution < -0.4 is 10.1 Å². The van der Waals surface area contributed by atoms with Gasteiger partial charge in [-0.2, -0.15) is 4.89 Å². The Kier molecular flexibility index (Phi) is 5.58. The van der Waals surface area contributed by atoms with E-state index in [-0.39, 0.29) is 4.47 Å². The predicted octanol–water partition coefficient (Wildman–Crippen LogP) is 6.07. The van der Waals surface area contributed by atoms with Gasteiger partial charge >= 0.3 is 13.7 Å². The Hall–Kier alpha value is -1.60. The minimum atomic E-state index is -3.78. The van der Waals surface area contributed by atoms with E-state index in [0.717, 1.165) is 28.3 Å². The minimum absolute atomic E-state index is 0.156. The summed E-state index contributed by atoms with van der Waals surface area (Å²) in [5.74, 6) is 0.732. The second-order valence-electron chi connectivity index (χ2n) is 5.48. The van der Waals surface area contributed by atoms with Gasteiger partial charge in [0.25, 0.3) is 0 Å². The van der Waals surface area contributed by atoms with Crippen LogP contribution in [0.2, 0.25) is 0 Å². The zero-order valence-electron chi connectivity index (χ0n) is 13.5. The van der Waals surface area contributed by atoms with E-state index in [9.17, 15) is 13.3 Å². The molecule has 0 spiro atoms. The third kappa shape index (κ3) is 3.74. The Balaban J connectivity index is 1.87. The molecule has 2 N–H and O–H groups in total. The van der Waals surface area contributed by atoms with Crippen molar-refractivity contribution in [1.29, 1.82) is 0 Å². The van der Waals surface area contributed by atoms with Crippen LogP contribution >= 0.6 is 35.3 Å². The Bertz CT molecular complexity index is 980. The lowest BCUT2D eigenvalue weighted by atomic mass is 10.1. The summed E-state index contributed by atoms with van der Waals surface area (Å²) in [6, 6.07) is 12.8. The van der Waals surface area contributed by atoms with Crippen molar-refractivity contribution in [2.24, 2.45) is 0 Å². The van der Waals surface area contributed by atoms with Gasteiger partial charge in [0.1, 0.15) is 10.6 Å². The number of thiophene rings is 1. The quantitative estimate of drug-likeness (QED) is 0.438. The topological polar surface area (TPSA) is 58.6 Å². The molecular weight excluding hydrogens is 447 g/mol. The summed E-state index contributed by atoms with van der Waals surface area (Å²) in [5.41, 5.74) is -2.02. The molecule has 0 saturated heterocycles. The van der Waals surface area contributed by atoms with Crippen LogP contribution in [-0.2, 0) is 16.8 Å². The van der Waals surface area contributed by atoms with Gasteiger partial charge in [0.05, 0.1) is 11.6 Å². The van der Waals surface area contributed by atoms with E-state index >= 15 is 0 Å². The monoisotopic (exact) mass is 460 g/mol. The maximum absolute atomic E-state index is 13.9. The normalized spacial score (nSPS) is 12.3. The van der Waals surface area contributed by atoms with E-state index in [1.165, 1.54) is 0 Å². The molecule has 2 aromatic carbocycles. The van der Waals surface area contributed by atoms with Crippen molar-refractivity contribution in [3.05, 3.63) is 57.4 Å². The molecule has 26 heavy (non-hydrogen) atoms. The molecule has 0 amide bonds. The highest BCUT2D eigenvalue weighted by molar-refractivity contribution is 9.10. The van der Waals surface area contributed by atoms with E-state index in [0.29, 0.717) is 16.6 Å². The van der Waals surface area contributed by atoms with Crippen LogP contribution in [0.4, 0.5) is 14.5 Å². The molecular formula is C17H14BrF2NO3PS+. The lowest BCUT2D eigenvalue weighted by molar-refractivity contribution is 0.0849. The second kappa shape index (κ2) is 7.56. The average Bonchev–Trinajstić information content (AvgIpc) is 2.97. The summed E-state index contributed by atoms with van der Waals surface area (Å²) in [5, 5.41) is 3.84. The molecule has 9 heteroatoms. The Labute approximate surface area is 161 Å². The number of nitrogens with one attached hydrogen (secondary N) is 1. The first-order valence-electron chi connectivity index (χ1n) is 7.46. The molecule has 4 nitrogen and oxygen atoms in total. The molecule has 1 atom stereocenters. The maximum Gasteiger partial charge on any atom is 0.590 e. The molecule has 0 saturated carbocycles. The highest BCUT2D eigenvalue weighted by atomic mass is 79.9. The first-order chi connectivity index (χ1) is 12.3. The van der Waals surface area contributed by atoms with Crippen LogP contribution in [0.3, 0.4) is 0 Å². The molecule has 1 heterocycles. The standard InChI is InChI=1S/C17H13BrF2NO3PS/c1-24-12-4-2-3-11(8-12)21-9-10-5-6-14-13(7-10)15(18)16(26-14)17(19,20)25(22)23/h2-8,21H,9H2,1H3/p+1. The van der Waals surface area contributed by atoms with Crippen molar-refractivity contribution in [1.82, 2.24) is 0 Å². The van der Waals surface area contributed by atoms with Crippen molar-refractivity contribution in [3.8, 4) is 5.75 Å². The van der Waals surface area contributed by atoms with Crippen molar-refractivity contribution < 1.29 is 23.0 Å². The Morgan fingerprint density at radius 2 is 2.08 bits per heavy atom. The zero-order valence-corrected chi connectivity index (χ0v) is 16.8. The third-order valence-corrected chi connectivity index (χ3v) is 6.95. The molecule has 1 aromatic heterocycles. The van der Waals surface area contributed by atoms with E-state index in [2.05, 4.69) is 21.2 Å². The van der Waals surface area contributed by atoms with Crippen LogP contribution in [0, 0.1) is 0 Å². The molecule has 0 aliphatic rings. The molecule has 136 valence electrons. The van der Waals surface area contributed by atoms with E-state index in [4.69, 9.17) is 9.63 Å². The van der Waals surface area contributed by atoms with Crippen LogP contribution in [-0.4, -0.2) is 12.0 Å². The molecule has 0 bridgehead atoms. The molecule has 3 aromatic rings. The molecule has 0 fully saturated rings. The number of hydrogen-bond acceptors (Lipinski definition) is 4. The third-order valence-electron chi connectivity index (χ3n) is 3.77. The summed E-state index contributed by atoms with van der Waals surface area (Å²) in [4.78, 5) is 8.48. The molecule has 0 aliphatic carbocycles. The van der Waals surface area contributed by atoms with E-state index < -0.39 is 18.6 Å². The summed E-state index contributed by atoms with van der Waals surface area (Å²) in [6.07, 6.45) is 0. The largest absolute Gasteiger partial charge is 0.590 e. The minimum Gasteiger partial charge on any atom is -0.497 e. The fourth-order valence-corrected chi connectivity index (χ4v) is 5.15. The first-order valence-corrected chi connectivity index (χ1v) is 10.3. The van der Waals surface area contributed by atoms with Crippen LogP contribution in [0.1, 0.15) is 10.4 Å². The van der Waals surface area contributed by atoms with Gasteiger partial charge in [-0.1, -0.05) is 12.1 Å². The van der Waals surface area contributed by atoms with Gasteiger partial charge in [-0.3, -0.25) is 0 Å². The van der Waals surface area contributed by atoms with Gasteiger partial charge in [0, 0.05) is 28.4 Å². The zero-order chi connectivity index (χ0) is 18.9. The second-order valence-corrected chi connectivity index (χ2v) is 8.43. The van der Waals surface area contributed by atoms with Crippen LogP contribution in [0.15, 0.2) is 46.9 Å². The predicted molar refractivity (Wildman–Crippen MR) is 104 cm³/mol. The van der Waals surface area contributed by atoms with Gasteiger partial charge in [-0.25, -0.2) is 0 Å². The highest BCUT2D eigenvalue weighted by Gasteiger charge is 2.56. The summed E-state index contributed by atoms with van der Waals surface area (Å²) >= 11 is 3.97. The summed E-state index contributed by atoms with van der Waals surface area (Å²) in [7, 11) is -2.06. The maximum atomic E-state index is 13.9. The molecule has 3 rings (SSSR count). The highest BCUT2D eigenvalue weighted by Crippen LogP contribution is 2.54. The number of ether oxygens (including phenoxy) is 1. The van der Waals surface area contributed by atoms with Crippen molar-refractivity contribution >= 4 is 51.1 Å². The van der Waals surface area contributed by atoms with Crippen molar-refractivity contribution in [3.63, 3.8) is 0 Å². The number of methoxy groups -OCH3 is 1. The number of hydrogen-bond donors (Lipinski definition) is 2. The number of benzene rings is 2. The average molecular weight is 461 g/mol. The number of alkyl halides is 2. The molecule has 0 radical (unpaired) electrons. The molecule has 0 aliphatic heterocycles. The number of anilines is 1. The Morgan fingerprint density at radius 1 is 1.31 bits per heavy atom. The lowest BCUT2D eigenvalue weighted by Gasteiger charge is -2.08. The van der Waals surface area contributed by atoms with Gasteiger partial charge in [0.15, 0.2) is 0 Å². The number of rotatable bonds is 6. The first kappa shape index (κ1) is 19.2. The Morgan fingerprint density at radius 3 is 2.77 bits per heavy atom. The summed E-state index contributed by atoms with van der Waals surface area (Å²) < 4.78 is 44.8. The smallest absolute Gasteiger partial charge is 0.497 e. The number of halogens is 3. The van der Waals surface area contributed by atoms with Gasteiger partial charge in [0.2, 0.25) is 0 Å². The SMILES string of the molecule is COc1cccc(NCc2ccc3sc(C(F)(F)[P+](=O)O)c(Br)c3c2)c1. The van der Waals surface area contributed by atoms with Crippen LogP contribution in [0.25, 0.3) is 10.1 Å². The fourth-order valence-electron chi connectivity index (χ4n) is 2.44. The van der Waals surface area contributed by atoms with Crippen LogP contribution in [0.5, 0.6) is 5.75 Å². The fraction of sp³-hybridized carbons (Fsp3) is 0.176. The number of fused-ring (bicyclic) bond motifs is 1. The van der Waals surface area contributed by atoms with Crippen molar-refractivity contribution in [2.45, 2.75) is 12.2 Å². The van der Waals surface area contributed by atoms with Gasteiger partial charge < -0.3 is 10.1 Å². The van der Waals surface area contributed by atoms with Gasteiger partial charge in [-0.05, 0) is 50.3 Å². The van der Waals surface area contributed by atoms with E-state index in [1.807, 2.05) is 30.3 Å². The summed E-state index contributed by atoms with van der Waals surface area (Å²) in [6.45, 7) is 0.491. The van der Waals surface area contributed by atoms with Gasteiger partial charge in [-0.15, -0.1) is 20.1 Å². The van der Waals surface area contributed by atoms with E-state index in [1.54, 1.807) is 19.2 Å². The lowest BCUT2D eigenvalue weighted by Crippen LogP contribution is -2.05. The van der Waals surface area contributed by atoms with Crippen molar-refractivity contribution in [2.75, 3.05) is 12.4 Å². The molecule has 1 unspecified atom stereocenters.